The maximum Gasteiger partial charge on any atom is 0.267 e. The van der Waals surface area contributed by atoms with Gasteiger partial charge in [0.1, 0.15) is 6.61 Å². The molecule has 0 radical (unpaired) electrons. The molecule has 10 heteroatoms. The third kappa shape index (κ3) is 4.33. The summed E-state index contributed by atoms with van der Waals surface area (Å²) in [5, 5.41) is 0.524. The number of ether oxygens (including phenoxy) is 3. The first-order valence-electron chi connectivity index (χ1n) is 9.42. The largest absolute Gasteiger partial charge is 0.485 e. The van der Waals surface area contributed by atoms with Gasteiger partial charge >= 0.3 is 0 Å². The molecule has 0 aliphatic carbocycles. The fourth-order valence-electron chi connectivity index (χ4n) is 3.27. The van der Waals surface area contributed by atoms with Crippen LogP contribution < -0.4 is 14.2 Å². The molecule has 2 aliphatic heterocycles. The van der Waals surface area contributed by atoms with Crippen LogP contribution in [0, 0.1) is 6.92 Å². The quantitative estimate of drug-likeness (QED) is 0.765. The van der Waals surface area contributed by atoms with E-state index in [1.807, 2.05) is 0 Å². The SMILES string of the molecule is Cc1cc(Cl)ccc1NS(=O)(=O)c1ccc2c(c1)OCC(C(=O)N1CCOCC1)O2. The number of nitrogens with one attached hydrogen (secondary N) is 1. The molecule has 0 saturated carbocycles. The zero-order valence-corrected chi connectivity index (χ0v) is 17.8. The van der Waals surface area contributed by atoms with E-state index in [1.165, 1.54) is 18.2 Å². The highest BCUT2D eigenvalue weighted by Gasteiger charge is 2.32. The molecule has 2 aliphatic rings. The van der Waals surface area contributed by atoms with Gasteiger partial charge in [-0.3, -0.25) is 9.52 Å². The lowest BCUT2D eigenvalue weighted by Crippen LogP contribution is -2.50. The molecule has 0 bridgehead atoms. The summed E-state index contributed by atoms with van der Waals surface area (Å²) >= 11 is 5.93. The summed E-state index contributed by atoms with van der Waals surface area (Å²) in [6.45, 7) is 3.79. The highest BCUT2D eigenvalue weighted by Crippen LogP contribution is 2.35. The number of rotatable bonds is 4. The topological polar surface area (TPSA) is 94.2 Å². The molecule has 4 rings (SSSR count). The Morgan fingerprint density at radius 2 is 1.90 bits per heavy atom. The van der Waals surface area contributed by atoms with Gasteiger partial charge in [-0.15, -0.1) is 0 Å². The van der Waals surface area contributed by atoms with Crippen molar-refractivity contribution in [2.45, 2.75) is 17.9 Å². The van der Waals surface area contributed by atoms with Crippen LogP contribution in [0.25, 0.3) is 0 Å². The molecule has 0 spiro atoms. The average Bonchev–Trinajstić information content (AvgIpc) is 2.75. The monoisotopic (exact) mass is 452 g/mol. The number of carbonyl (C=O) groups is 1. The van der Waals surface area contributed by atoms with Crippen molar-refractivity contribution in [3.05, 3.63) is 47.0 Å². The molecule has 160 valence electrons. The van der Waals surface area contributed by atoms with Crippen LogP contribution in [0.3, 0.4) is 0 Å². The van der Waals surface area contributed by atoms with Gasteiger partial charge in [-0.1, -0.05) is 11.6 Å². The van der Waals surface area contributed by atoms with E-state index in [4.69, 9.17) is 25.8 Å². The number of carbonyl (C=O) groups excluding carboxylic acids is 1. The second-order valence-corrected chi connectivity index (χ2v) is 9.15. The minimum Gasteiger partial charge on any atom is -0.485 e. The maximum absolute atomic E-state index is 12.8. The van der Waals surface area contributed by atoms with Crippen LogP contribution in [0.1, 0.15) is 5.56 Å². The third-order valence-corrected chi connectivity index (χ3v) is 6.51. The summed E-state index contributed by atoms with van der Waals surface area (Å²) in [5.41, 5.74) is 1.14. The number of morpholine rings is 1. The minimum atomic E-state index is -3.85. The number of benzene rings is 2. The van der Waals surface area contributed by atoms with Crippen molar-refractivity contribution >= 4 is 33.2 Å². The fraction of sp³-hybridized carbons (Fsp3) is 0.350. The second kappa shape index (κ2) is 8.33. The Morgan fingerprint density at radius 3 is 2.63 bits per heavy atom. The van der Waals surface area contributed by atoms with E-state index in [2.05, 4.69) is 4.72 Å². The van der Waals surface area contributed by atoms with E-state index in [9.17, 15) is 13.2 Å². The van der Waals surface area contributed by atoms with E-state index in [0.29, 0.717) is 48.3 Å². The highest BCUT2D eigenvalue weighted by molar-refractivity contribution is 7.92. The Kier molecular flexibility index (Phi) is 5.77. The molecule has 30 heavy (non-hydrogen) atoms. The predicted octanol–water partition coefficient (Wildman–Crippen LogP) is 2.45. The van der Waals surface area contributed by atoms with Crippen molar-refractivity contribution in [3.63, 3.8) is 0 Å². The van der Waals surface area contributed by atoms with E-state index in [1.54, 1.807) is 30.0 Å². The first-order chi connectivity index (χ1) is 14.3. The van der Waals surface area contributed by atoms with Crippen LogP contribution >= 0.6 is 11.6 Å². The van der Waals surface area contributed by atoms with Crippen LogP contribution in [0.2, 0.25) is 5.02 Å². The van der Waals surface area contributed by atoms with Crippen molar-refractivity contribution in [2.75, 3.05) is 37.6 Å². The number of amides is 1. The Morgan fingerprint density at radius 1 is 1.13 bits per heavy atom. The lowest BCUT2D eigenvalue weighted by molar-refractivity contribution is -0.145. The fourth-order valence-corrected chi connectivity index (χ4v) is 4.65. The summed E-state index contributed by atoms with van der Waals surface area (Å²) in [6, 6.07) is 9.19. The molecule has 2 aromatic rings. The van der Waals surface area contributed by atoms with Gasteiger partial charge in [0.2, 0.25) is 6.10 Å². The van der Waals surface area contributed by atoms with Gasteiger partial charge < -0.3 is 19.1 Å². The van der Waals surface area contributed by atoms with Gasteiger partial charge in [0.25, 0.3) is 15.9 Å². The van der Waals surface area contributed by atoms with Crippen molar-refractivity contribution < 1.29 is 27.4 Å². The Balaban J connectivity index is 1.50. The molecule has 1 N–H and O–H groups in total. The van der Waals surface area contributed by atoms with Gasteiger partial charge in [0.05, 0.1) is 23.8 Å². The zero-order valence-electron chi connectivity index (χ0n) is 16.3. The third-order valence-electron chi connectivity index (χ3n) is 4.92. The second-order valence-electron chi connectivity index (χ2n) is 7.03. The van der Waals surface area contributed by atoms with Crippen LogP contribution in [0.15, 0.2) is 41.3 Å². The van der Waals surface area contributed by atoms with E-state index in [-0.39, 0.29) is 23.2 Å². The average molecular weight is 453 g/mol. The summed E-state index contributed by atoms with van der Waals surface area (Å²) in [5.74, 6) is 0.437. The lowest BCUT2D eigenvalue weighted by atomic mass is 10.2. The Hall–Kier alpha value is -2.49. The standard InChI is InChI=1S/C20H21ClN2O6S/c1-13-10-14(21)2-4-16(13)22-30(25,26)15-3-5-17-18(11-15)28-12-19(29-17)20(24)23-6-8-27-9-7-23/h2-5,10-11,19,22H,6-9,12H2,1H3. The Bertz CT molecular complexity index is 1070. The van der Waals surface area contributed by atoms with Gasteiger partial charge in [0, 0.05) is 24.2 Å². The normalized spacial score (nSPS) is 18.7. The van der Waals surface area contributed by atoms with Gasteiger partial charge in [-0.2, -0.15) is 0 Å². The van der Waals surface area contributed by atoms with Crippen LogP contribution in [-0.4, -0.2) is 58.2 Å². The molecule has 1 amide bonds. The van der Waals surface area contributed by atoms with Crippen LogP contribution in [-0.2, 0) is 19.6 Å². The summed E-state index contributed by atoms with van der Waals surface area (Å²) in [6.07, 6.45) is -0.770. The van der Waals surface area contributed by atoms with Gasteiger partial charge in [-0.25, -0.2) is 8.42 Å². The van der Waals surface area contributed by atoms with Crippen LogP contribution in [0.4, 0.5) is 5.69 Å². The number of aryl methyl sites for hydroxylation is 1. The molecule has 1 atom stereocenters. The summed E-state index contributed by atoms with van der Waals surface area (Å²) in [4.78, 5) is 14.3. The first-order valence-corrected chi connectivity index (χ1v) is 11.3. The Labute approximate surface area is 179 Å². The number of fused-ring (bicyclic) bond motifs is 1. The highest BCUT2D eigenvalue weighted by atomic mass is 35.5. The smallest absolute Gasteiger partial charge is 0.267 e. The molecule has 2 heterocycles. The zero-order chi connectivity index (χ0) is 21.3. The van der Waals surface area contributed by atoms with Crippen molar-refractivity contribution in [3.8, 4) is 11.5 Å². The molecule has 8 nitrogen and oxygen atoms in total. The van der Waals surface area contributed by atoms with Gasteiger partial charge in [0.15, 0.2) is 11.5 Å². The molecule has 1 fully saturated rings. The van der Waals surface area contributed by atoms with Crippen molar-refractivity contribution in [2.24, 2.45) is 0 Å². The number of hydrogen-bond acceptors (Lipinski definition) is 6. The van der Waals surface area contributed by atoms with Gasteiger partial charge in [-0.05, 0) is 42.8 Å². The van der Waals surface area contributed by atoms with E-state index in [0.717, 1.165) is 0 Å². The molecule has 1 unspecified atom stereocenters. The molecule has 0 aromatic heterocycles. The van der Waals surface area contributed by atoms with Crippen molar-refractivity contribution in [1.29, 1.82) is 0 Å². The molecular weight excluding hydrogens is 432 g/mol. The first kappa shape index (κ1) is 20.8. The number of hydrogen-bond donors (Lipinski definition) is 1. The molecule has 1 saturated heterocycles. The van der Waals surface area contributed by atoms with E-state index < -0.39 is 16.1 Å². The number of halogens is 1. The number of sulfonamides is 1. The molecule has 2 aromatic carbocycles. The van der Waals surface area contributed by atoms with Crippen LogP contribution in [0.5, 0.6) is 11.5 Å². The minimum absolute atomic E-state index is 0.0103. The maximum atomic E-state index is 12.8. The van der Waals surface area contributed by atoms with E-state index >= 15 is 0 Å². The summed E-state index contributed by atoms with van der Waals surface area (Å²) in [7, 11) is -3.85. The van der Waals surface area contributed by atoms with Crippen molar-refractivity contribution in [1.82, 2.24) is 4.90 Å². The predicted molar refractivity (Wildman–Crippen MR) is 111 cm³/mol. The number of anilines is 1. The molecular formula is C20H21ClN2O6S. The lowest BCUT2D eigenvalue weighted by Gasteiger charge is -2.32. The number of nitrogens with zero attached hydrogens (tertiary/aromatic N) is 1. The summed E-state index contributed by atoms with van der Waals surface area (Å²) < 4.78 is 44.8.